The Balaban J connectivity index is 2.43. The first-order valence-electron chi connectivity index (χ1n) is 6.92. The molecule has 0 aliphatic carbocycles. The zero-order chi connectivity index (χ0) is 12.9. The second-order valence-electron chi connectivity index (χ2n) is 7.06. The Kier molecular flexibility index (Phi) is 5.42. The highest BCUT2D eigenvalue weighted by molar-refractivity contribution is 4.84. The molecular formula is C14H31N3. The van der Waals surface area contributed by atoms with Crippen LogP contribution in [0.15, 0.2) is 0 Å². The molecule has 0 unspecified atom stereocenters. The normalized spacial score (nSPS) is 19.6. The fraction of sp³-hybridized carbons (Fsp3) is 1.00. The van der Waals surface area contributed by atoms with Crippen molar-refractivity contribution in [2.24, 2.45) is 10.8 Å². The van der Waals surface area contributed by atoms with Gasteiger partial charge in [0, 0.05) is 32.7 Å². The Labute approximate surface area is 107 Å². The summed E-state index contributed by atoms with van der Waals surface area (Å²) in [4.78, 5) is 2.60. The first-order valence-corrected chi connectivity index (χ1v) is 6.92. The van der Waals surface area contributed by atoms with E-state index in [-0.39, 0.29) is 0 Å². The molecule has 0 radical (unpaired) electrons. The Bertz CT molecular complexity index is 218. The summed E-state index contributed by atoms with van der Waals surface area (Å²) in [7, 11) is 2.05. The molecule has 0 bridgehead atoms. The molecule has 1 rings (SSSR count). The Morgan fingerprint density at radius 1 is 1.06 bits per heavy atom. The van der Waals surface area contributed by atoms with Crippen LogP contribution in [-0.2, 0) is 0 Å². The van der Waals surface area contributed by atoms with Gasteiger partial charge in [-0.2, -0.15) is 0 Å². The van der Waals surface area contributed by atoms with Crippen LogP contribution in [0.5, 0.6) is 0 Å². The van der Waals surface area contributed by atoms with Gasteiger partial charge >= 0.3 is 0 Å². The third-order valence-electron chi connectivity index (χ3n) is 3.47. The van der Waals surface area contributed by atoms with E-state index in [1.807, 2.05) is 7.05 Å². The van der Waals surface area contributed by atoms with Crippen molar-refractivity contribution < 1.29 is 0 Å². The summed E-state index contributed by atoms with van der Waals surface area (Å²) < 4.78 is 0. The lowest BCUT2D eigenvalue weighted by atomic mass is 9.74. The second-order valence-corrected chi connectivity index (χ2v) is 7.06. The molecule has 1 aliphatic heterocycles. The number of nitrogens with one attached hydrogen (secondary N) is 2. The monoisotopic (exact) mass is 241 g/mol. The van der Waals surface area contributed by atoms with Crippen LogP contribution in [-0.4, -0.2) is 51.2 Å². The summed E-state index contributed by atoms with van der Waals surface area (Å²) >= 11 is 0. The van der Waals surface area contributed by atoms with Gasteiger partial charge in [0.2, 0.25) is 0 Å². The molecule has 17 heavy (non-hydrogen) atoms. The van der Waals surface area contributed by atoms with Gasteiger partial charge in [-0.15, -0.1) is 0 Å². The van der Waals surface area contributed by atoms with Crippen molar-refractivity contribution in [3.05, 3.63) is 0 Å². The summed E-state index contributed by atoms with van der Waals surface area (Å²) in [6.45, 7) is 16.6. The number of nitrogens with zero attached hydrogens (tertiary/aromatic N) is 1. The fourth-order valence-electron chi connectivity index (χ4n) is 3.37. The van der Waals surface area contributed by atoms with Crippen LogP contribution in [0.1, 0.15) is 34.1 Å². The summed E-state index contributed by atoms with van der Waals surface area (Å²) in [6, 6.07) is 0. The molecule has 0 spiro atoms. The number of piperazine rings is 1. The van der Waals surface area contributed by atoms with E-state index in [1.54, 1.807) is 0 Å². The number of rotatable bonds is 6. The van der Waals surface area contributed by atoms with Crippen molar-refractivity contribution in [3.63, 3.8) is 0 Å². The molecule has 2 N–H and O–H groups in total. The maximum atomic E-state index is 3.42. The lowest BCUT2D eigenvalue weighted by Gasteiger charge is -2.39. The van der Waals surface area contributed by atoms with E-state index in [9.17, 15) is 0 Å². The molecule has 0 aromatic carbocycles. The van der Waals surface area contributed by atoms with E-state index >= 15 is 0 Å². The number of hydrogen-bond acceptors (Lipinski definition) is 3. The Hall–Kier alpha value is -0.120. The van der Waals surface area contributed by atoms with Crippen LogP contribution >= 0.6 is 0 Å². The van der Waals surface area contributed by atoms with Crippen molar-refractivity contribution >= 4 is 0 Å². The first-order chi connectivity index (χ1) is 7.85. The molecule has 1 heterocycles. The van der Waals surface area contributed by atoms with E-state index in [4.69, 9.17) is 0 Å². The molecule has 0 amide bonds. The maximum Gasteiger partial charge on any atom is 0.0108 e. The second kappa shape index (κ2) is 6.17. The zero-order valence-corrected chi connectivity index (χ0v) is 12.4. The summed E-state index contributed by atoms with van der Waals surface area (Å²) in [5, 5.41) is 6.73. The lowest BCUT2D eigenvalue weighted by Crippen LogP contribution is -2.48. The Morgan fingerprint density at radius 2 is 1.65 bits per heavy atom. The van der Waals surface area contributed by atoms with E-state index in [2.05, 4.69) is 43.2 Å². The van der Waals surface area contributed by atoms with Gasteiger partial charge < -0.3 is 15.5 Å². The van der Waals surface area contributed by atoms with Gasteiger partial charge in [-0.1, -0.05) is 27.7 Å². The molecule has 0 atom stereocenters. The van der Waals surface area contributed by atoms with Crippen LogP contribution in [0.25, 0.3) is 0 Å². The van der Waals surface area contributed by atoms with Crippen LogP contribution < -0.4 is 10.6 Å². The molecule has 1 aliphatic rings. The highest BCUT2D eigenvalue weighted by Gasteiger charge is 2.30. The lowest BCUT2D eigenvalue weighted by molar-refractivity contribution is 0.113. The van der Waals surface area contributed by atoms with E-state index in [0.29, 0.717) is 10.8 Å². The van der Waals surface area contributed by atoms with Gasteiger partial charge in [0.05, 0.1) is 0 Å². The van der Waals surface area contributed by atoms with Crippen molar-refractivity contribution in [2.75, 3.05) is 46.3 Å². The topological polar surface area (TPSA) is 27.3 Å². The smallest absolute Gasteiger partial charge is 0.0108 e. The highest BCUT2D eigenvalue weighted by atomic mass is 15.2. The van der Waals surface area contributed by atoms with E-state index in [1.165, 1.54) is 26.1 Å². The van der Waals surface area contributed by atoms with Gasteiger partial charge in [-0.05, 0) is 30.8 Å². The fourth-order valence-corrected chi connectivity index (χ4v) is 3.37. The maximum absolute atomic E-state index is 3.42. The molecule has 102 valence electrons. The quantitative estimate of drug-likeness (QED) is 0.739. The third kappa shape index (κ3) is 5.84. The third-order valence-corrected chi connectivity index (χ3v) is 3.47. The van der Waals surface area contributed by atoms with Gasteiger partial charge in [0.1, 0.15) is 0 Å². The predicted molar refractivity (Wildman–Crippen MR) is 75.4 cm³/mol. The standard InChI is InChI=1S/C14H31N3/c1-13(2,11-15-5)10-14(3,4)12-17-8-6-16-7-9-17/h15-16H,6-12H2,1-5H3. The van der Waals surface area contributed by atoms with Gasteiger partial charge in [0.15, 0.2) is 0 Å². The predicted octanol–water partition coefficient (Wildman–Crippen LogP) is 1.55. The molecule has 0 aromatic heterocycles. The zero-order valence-electron chi connectivity index (χ0n) is 12.4. The minimum atomic E-state index is 0.381. The van der Waals surface area contributed by atoms with Crippen LogP contribution in [0.2, 0.25) is 0 Å². The summed E-state index contributed by atoms with van der Waals surface area (Å²) in [5.41, 5.74) is 0.782. The SMILES string of the molecule is CNCC(C)(C)CC(C)(C)CN1CCNCC1. The van der Waals surface area contributed by atoms with Crippen LogP contribution in [0.3, 0.4) is 0 Å². The van der Waals surface area contributed by atoms with Gasteiger partial charge in [0.25, 0.3) is 0 Å². The van der Waals surface area contributed by atoms with Crippen molar-refractivity contribution in [3.8, 4) is 0 Å². The molecule has 0 aromatic rings. The van der Waals surface area contributed by atoms with Crippen molar-refractivity contribution in [1.29, 1.82) is 0 Å². The molecule has 1 fully saturated rings. The molecule has 1 saturated heterocycles. The summed E-state index contributed by atoms with van der Waals surface area (Å²) in [6.07, 6.45) is 1.27. The average Bonchev–Trinajstić information content (AvgIpc) is 2.15. The van der Waals surface area contributed by atoms with Gasteiger partial charge in [-0.3, -0.25) is 0 Å². The Morgan fingerprint density at radius 3 is 2.18 bits per heavy atom. The highest BCUT2D eigenvalue weighted by Crippen LogP contribution is 2.33. The molecule has 0 saturated carbocycles. The molecule has 3 nitrogen and oxygen atoms in total. The van der Waals surface area contributed by atoms with Crippen molar-refractivity contribution in [1.82, 2.24) is 15.5 Å². The van der Waals surface area contributed by atoms with Crippen LogP contribution in [0.4, 0.5) is 0 Å². The molecule has 3 heteroatoms. The van der Waals surface area contributed by atoms with Crippen LogP contribution in [0, 0.1) is 10.8 Å². The van der Waals surface area contributed by atoms with Gasteiger partial charge in [-0.25, -0.2) is 0 Å². The van der Waals surface area contributed by atoms with E-state index in [0.717, 1.165) is 19.6 Å². The minimum Gasteiger partial charge on any atom is -0.319 e. The molecular weight excluding hydrogens is 210 g/mol. The minimum absolute atomic E-state index is 0.381. The van der Waals surface area contributed by atoms with Crippen molar-refractivity contribution in [2.45, 2.75) is 34.1 Å². The largest absolute Gasteiger partial charge is 0.319 e. The van der Waals surface area contributed by atoms with E-state index < -0.39 is 0 Å². The first kappa shape index (κ1) is 14.9. The average molecular weight is 241 g/mol. The summed E-state index contributed by atoms with van der Waals surface area (Å²) in [5.74, 6) is 0. The number of hydrogen-bond donors (Lipinski definition) is 2.